The van der Waals surface area contributed by atoms with Gasteiger partial charge in [0.1, 0.15) is 11.5 Å². The average Bonchev–Trinajstić information content (AvgIpc) is 2.82. The molecule has 0 atom stereocenters. The van der Waals surface area contributed by atoms with Crippen LogP contribution in [0.1, 0.15) is 40.1 Å². The number of halogens is 1. The summed E-state index contributed by atoms with van der Waals surface area (Å²) in [6, 6.07) is 15.4. The van der Waals surface area contributed by atoms with Crippen molar-refractivity contribution in [3.63, 3.8) is 0 Å². The quantitative estimate of drug-likeness (QED) is 0.196. The van der Waals surface area contributed by atoms with Crippen LogP contribution in [0.15, 0.2) is 65.8 Å². The van der Waals surface area contributed by atoms with Gasteiger partial charge in [-0.1, -0.05) is 23.7 Å². The van der Waals surface area contributed by atoms with E-state index in [1.54, 1.807) is 36.4 Å². The number of amides is 1. The number of carbonyl (C=O) groups is 2. The zero-order chi connectivity index (χ0) is 24.5. The van der Waals surface area contributed by atoms with E-state index in [1.165, 1.54) is 30.5 Å². The predicted molar refractivity (Wildman–Crippen MR) is 128 cm³/mol. The number of ether oxygens (including phenoxy) is 3. The maximum atomic E-state index is 12.8. The van der Waals surface area contributed by atoms with Gasteiger partial charge in [0, 0.05) is 10.6 Å². The van der Waals surface area contributed by atoms with Crippen molar-refractivity contribution in [1.82, 2.24) is 5.43 Å². The number of benzene rings is 3. The third kappa shape index (κ3) is 6.26. The van der Waals surface area contributed by atoms with Crippen molar-refractivity contribution in [2.45, 2.75) is 13.8 Å². The standard InChI is InChI=1S/C25H23ClN2O6/c1-3-32-22-11-9-16(14-23(22)33-4-2)25(31)34-21-12-10-18(26)13-17(21)15-27-28-24(30)19-7-5-6-8-20(19)29/h5-15,29H,3-4H2,1-2H3,(H,28,30)/b27-15+. The lowest BCUT2D eigenvalue weighted by atomic mass is 10.2. The molecule has 0 saturated carbocycles. The number of hydrogen-bond donors (Lipinski definition) is 2. The third-order valence-corrected chi connectivity index (χ3v) is 4.71. The molecule has 0 aliphatic heterocycles. The van der Waals surface area contributed by atoms with Gasteiger partial charge in [-0.05, 0) is 62.4 Å². The number of hydrazone groups is 1. The Morgan fingerprint density at radius 3 is 2.41 bits per heavy atom. The van der Waals surface area contributed by atoms with Crippen molar-refractivity contribution < 1.29 is 28.9 Å². The van der Waals surface area contributed by atoms with Crippen LogP contribution in [0.3, 0.4) is 0 Å². The monoisotopic (exact) mass is 482 g/mol. The van der Waals surface area contributed by atoms with Crippen molar-refractivity contribution >= 4 is 29.7 Å². The highest BCUT2D eigenvalue weighted by Crippen LogP contribution is 2.29. The van der Waals surface area contributed by atoms with Crippen LogP contribution >= 0.6 is 11.6 Å². The molecular formula is C25H23ClN2O6. The number of rotatable bonds is 9. The smallest absolute Gasteiger partial charge is 0.343 e. The van der Waals surface area contributed by atoms with Crippen LogP contribution in [0.4, 0.5) is 0 Å². The fourth-order valence-corrected chi connectivity index (χ4v) is 3.12. The van der Waals surface area contributed by atoms with Gasteiger partial charge in [0.05, 0.1) is 30.6 Å². The van der Waals surface area contributed by atoms with Crippen molar-refractivity contribution in [2.24, 2.45) is 5.10 Å². The van der Waals surface area contributed by atoms with Gasteiger partial charge in [0.15, 0.2) is 11.5 Å². The number of nitrogens with one attached hydrogen (secondary N) is 1. The van der Waals surface area contributed by atoms with E-state index in [1.807, 2.05) is 13.8 Å². The molecule has 176 valence electrons. The number of phenols is 1. The van der Waals surface area contributed by atoms with Gasteiger partial charge in [-0.3, -0.25) is 4.79 Å². The van der Waals surface area contributed by atoms with E-state index in [0.29, 0.717) is 35.3 Å². The summed E-state index contributed by atoms with van der Waals surface area (Å²) < 4.78 is 16.6. The van der Waals surface area contributed by atoms with Crippen LogP contribution in [0.5, 0.6) is 23.0 Å². The van der Waals surface area contributed by atoms with Crippen LogP contribution in [0.25, 0.3) is 0 Å². The number of phenolic OH excluding ortho intramolecular Hbond substituents is 1. The van der Waals surface area contributed by atoms with Crippen LogP contribution in [-0.2, 0) is 0 Å². The minimum absolute atomic E-state index is 0.0676. The Morgan fingerprint density at radius 2 is 1.68 bits per heavy atom. The molecule has 0 aliphatic carbocycles. The average molecular weight is 483 g/mol. The second-order valence-corrected chi connectivity index (χ2v) is 7.25. The lowest BCUT2D eigenvalue weighted by molar-refractivity contribution is 0.0733. The van der Waals surface area contributed by atoms with E-state index < -0.39 is 11.9 Å². The molecule has 1 amide bonds. The predicted octanol–water partition coefficient (Wildman–Crippen LogP) is 4.83. The van der Waals surface area contributed by atoms with Crippen molar-refractivity contribution in [3.05, 3.63) is 82.4 Å². The Kier molecular flexibility index (Phi) is 8.48. The fourth-order valence-electron chi connectivity index (χ4n) is 2.94. The van der Waals surface area contributed by atoms with E-state index in [2.05, 4.69) is 10.5 Å². The van der Waals surface area contributed by atoms with Crippen molar-refractivity contribution in [1.29, 1.82) is 0 Å². The zero-order valence-electron chi connectivity index (χ0n) is 18.6. The molecular weight excluding hydrogens is 460 g/mol. The van der Waals surface area contributed by atoms with E-state index in [0.717, 1.165) is 0 Å². The van der Waals surface area contributed by atoms with Crippen LogP contribution in [0.2, 0.25) is 5.02 Å². The van der Waals surface area contributed by atoms with E-state index in [4.69, 9.17) is 25.8 Å². The summed E-state index contributed by atoms with van der Waals surface area (Å²) in [4.78, 5) is 25.0. The van der Waals surface area contributed by atoms with Gasteiger partial charge in [-0.15, -0.1) is 0 Å². The van der Waals surface area contributed by atoms with Crippen molar-refractivity contribution in [3.8, 4) is 23.0 Å². The molecule has 0 aliphatic rings. The molecule has 0 saturated heterocycles. The molecule has 3 aromatic rings. The molecule has 0 heterocycles. The summed E-state index contributed by atoms with van der Waals surface area (Å²) in [5.74, 6) is -0.257. The molecule has 9 heteroatoms. The van der Waals surface area contributed by atoms with Gasteiger partial charge in [0.2, 0.25) is 0 Å². The number of nitrogens with zero attached hydrogens (tertiary/aromatic N) is 1. The molecule has 3 aromatic carbocycles. The van der Waals surface area contributed by atoms with Crippen LogP contribution in [-0.4, -0.2) is 36.4 Å². The molecule has 0 fully saturated rings. The van der Waals surface area contributed by atoms with Gasteiger partial charge in [0.25, 0.3) is 5.91 Å². The van der Waals surface area contributed by atoms with E-state index >= 15 is 0 Å². The third-order valence-electron chi connectivity index (χ3n) is 4.47. The van der Waals surface area contributed by atoms with Gasteiger partial charge >= 0.3 is 5.97 Å². The van der Waals surface area contributed by atoms with E-state index in [9.17, 15) is 14.7 Å². The molecule has 2 N–H and O–H groups in total. The van der Waals surface area contributed by atoms with Gasteiger partial charge in [-0.25, -0.2) is 10.2 Å². The normalized spacial score (nSPS) is 10.7. The van der Waals surface area contributed by atoms with Crippen LogP contribution < -0.4 is 19.6 Å². The van der Waals surface area contributed by atoms with Crippen molar-refractivity contribution in [2.75, 3.05) is 13.2 Å². The number of aromatic hydroxyl groups is 1. The molecule has 8 nitrogen and oxygen atoms in total. The summed E-state index contributed by atoms with van der Waals surface area (Å²) in [6.07, 6.45) is 1.29. The first kappa shape index (κ1) is 24.6. The minimum atomic E-state index is -0.626. The molecule has 0 radical (unpaired) electrons. The highest BCUT2D eigenvalue weighted by atomic mass is 35.5. The highest BCUT2D eigenvalue weighted by Gasteiger charge is 2.16. The summed E-state index contributed by atoms with van der Waals surface area (Å²) in [5, 5.41) is 14.1. The second kappa shape index (κ2) is 11.7. The Morgan fingerprint density at radius 1 is 0.971 bits per heavy atom. The Bertz CT molecular complexity index is 1210. The zero-order valence-corrected chi connectivity index (χ0v) is 19.3. The van der Waals surface area contributed by atoms with E-state index in [-0.39, 0.29) is 22.6 Å². The highest BCUT2D eigenvalue weighted by molar-refractivity contribution is 6.31. The Balaban J connectivity index is 1.77. The second-order valence-electron chi connectivity index (χ2n) is 6.82. The number of hydrogen-bond acceptors (Lipinski definition) is 7. The Hall–Kier alpha value is -4.04. The number of para-hydroxylation sites is 1. The summed E-state index contributed by atoms with van der Waals surface area (Å²) >= 11 is 6.08. The fraction of sp³-hybridized carbons (Fsp3) is 0.160. The molecule has 3 rings (SSSR count). The first-order valence-electron chi connectivity index (χ1n) is 10.5. The Labute approximate surface area is 201 Å². The SMILES string of the molecule is CCOc1ccc(C(=O)Oc2ccc(Cl)cc2/C=N/NC(=O)c2ccccc2O)cc1OCC. The van der Waals surface area contributed by atoms with Crippen LogP contribution in [0, 0.1) is 0 Å². The lowest BCUT2D eigenvalue weighted by Crippen LogP contribution is -2.17. The first-order chi connectivity index (χ1) is 16.4. The molecule has 0 unspecified atom stereocenters. The molecule has 0 spiro atoms. The number of esters is 1. The lowest BCUT2D eigenvalue weighted by Gasteiger charge is -2.13. The largest absolute Gasteiger partial charge is 0.507 e. The molecule has 34 heavy (non-hydrogen) atoms. The minimum Gasteiger partial charge on any atom is -0.507 e. The van der Waals surface area contributed by atoms with Gasteiger partial charge < -0.3 is 19.3 Å². The maximum Gasteiger partial charge on any atom is 0.343 e. The summed E-state index contributed by atoms with van der Waals surface area (Å²) in [5.41, 5.74) is 3.00. The topological polar surface area (TPSA) is 106 Å². The summed E-state index contributed by atoms with van der Waals surface area (Å²) in [7, 11) is 0. The van der Waals surface area contributed by atoms with Gasteiger partial charge in [-0.2, -0.15) is 5.10 Å². The molecule has 0 aromatic heterocycles. The maximum absolute atomic E-state index is 12.8. The molecule has 0 bridgehead atoms. The first-order valence-corrected chi connectivity index (χ1v) is 10.8. The number of carbonyl (C=O) groups excluding carboxylic acids is 2. The summed E-state index contributed by atoms with van der Waals surface area (Å²) in [6.45, 7) is 4.55.